The number of alkyl carbamates (subject to hydrolysis) is 1. The third-order valence-corrected chi connectivity index (χ3v) is 5.70. The van der Waals surface area contributed by atoms with Crippen molar-refractivity contribution in [1.29, 1.82) is 5.26 Å². The molecule has 2 N–H and O–H groups in total. The normalized spacial score (nSPS) is 18.9. The fourth-order valence-corrected chi connectivity index (χ4v) is 4.07. The van der Waals surface area contributed by atoms with Crippen molar-refractivity contribution < 1.29 is 29.0 Å². The lowest BCUT2D eigenvalue weighted by Gasteiger charge is -2.35. The van der Waals surface area contributed by atoms with Crippen LogP contribution in [0.25, 0.3) is 10.8 Å². The molecular weight excluding hydrogens is 464 g/mol. The third-order valence-electron chi connectivity index (χ3n) is 5.70. The van der Waals surface area contributed by atoms with Gasteiger partial charge in [0, 0.05) is 11.8 Å². The van der Waals surface area contributed by atoms with E-state index in [1.54, 1.807) is 53.7 Å². The second-order valence-corrected chi connectivity index (χ2v) is 10.9. The standard InChI is InChI=1S/C26H32N4O6/c1-25(2,3)20(29-24(34)36-26(4,5)6)22(31)30-14-17(12-19(30)23(32)33)35-21-18-10-8-7-9-15(18)11-16(13-27)28-21/h7-11,17,19-20H,12,14H2,1-6H3,(H,29,34)(H,32,33)/t17-,19+,20-/m1/s1. The summed E-state index contributed by atoms with van der Waals surface area (Å²) < 4.78 is 11.4. The Morgan fingerprint density at radius 3 is 2.44 bits per heavy atom. The summed E-state index contributed by atoms with van der Waals surface area (Å²) >= 11 is 0. The summed E-state index contributed by atoms with van der Waals surface area (Å²) in [5.74, 6) is -1.52. The molecule has 3 rings (SSSR count). The minimum absolute atomic E-state index is 0.0227. The number of aliphatic carboxylic acids is 1. The number of hydrogen-bond donors (Lipinski definition) is 2. The van der Waals surface area contributed by atoms with E-state index in [1.807, 2.05) is 24.3 Å². The smallest absolute Gasteiger partial charge is 0.408 e. The number of ether oxygens (including phenoxy) is 2. The fourth-order valence-electron chi connectivity index (χ4n) is 4.07. The van der Waals surface area contributed by atoms with Gasteiger partial charge >= 0.3 is 12.1 Å². The number of carbonyl (C=O) groups is 3. The molecule has 0 aliphatic carbocycles. The Kier molecular flexibility index (Phi) is 7.43. The fraction of sp³-hybridized carbons (Fsp3) is 0.500. The van der Waals surface area contributed by atoms with Gasteiger partial charge in [-0.15, -0.1) is 0 Å². The first-order valence-corrected chi connectivity index (χ1v) is 11.7. The van der Waals surface area contributed by atoms with Gasteiger partial charge in [-0.1, -0.05) is 39.0 Å². The molecular formula is C26H32N4O6. The van der Waals surface area contributed by atoms with Crippen LogP contribution in [0.15, 0.2) is 30.3 Å². The van der Waals surface area contributed by atoms with Crippen LogP contribution in [0.2, 0.25) is 0 Å². The average Bonchev–Trinajstić information content (AvgIpc) is 3.19. The number of pyridine rings is 1. The number of hydrogen-bond acceptors (Lipinski definition) is 7. The molecule has 36 heavy (non-hydrogen) atoms. The number of carboxylic acid groups (broad SMARTS) is 1. The molecule has 192 valence electrons. The molecule has 2 heterocycles. The van der Waals surface area contributed by atoms with Gasteiger partial charge in [-0.25, -0.2) is 14.6 Å². The van der Waals surface area contributed by atoms with Gasteiger partial charge in [0.2, 0.25) is 11.8 Å². The Hall–Kier alpha value is -3.87. The van der Waals surface area contributed by atoms with Gasteiger partial charge < -0.3 is 24.8 Å². The maximum Gasteiger partial charge on any atom is 0.408 e. The number of carboxylic acids is 1. The van der Waals surface area contributed by atoms with E-state index >= 15 is 0 Å². The predicted molar refractivity (Wildman–Crippen MR) is 131 cm³/mol. The molecule has 0 radical (unpaired) electrons. The number of fused-ring (bicyclic) bond motifs is 1. The zero-order valence-corrected chi connectivity index (χ0v) is 21.4. The molecule has 0 unspecified atom stereocenters. The van der Waals surface area contributed by atoms with Crippen LogP contribution in [-0.2, 0) is 14.3 Å². The molecule has 10 heteroatoms. The molecule has 1 aliphatic rings. The van der Waals surface area contributed by atoms with Crippen LogP contribution in [0.5, 0.6) is 5.88 Å². The first-order chi connectivity index (χ1) is 16.7. The van der Waals surface area contributed by atoms with E-state index in [2.05, 4.69) is 10.3 Å². The highest BCUT2D eigenvalue weighted by Gasteiger charge is 2.46. The molecule has 0 bridgehead atoms. The molecule has 1 aromatic heterocycles. The molecule has 2 amide bonds. The van der Waals surface area contributed by atoms with E-state index < -0.39 is 47.2 Å². The first-order valence-electron chi connectivity index (χ1n) is 11.7. The number of nitrogens with one attached hydrogen (secondary N) is 1. The predicted octanol–water partition coefficient (Wildman–Crippen LogP) is 3.48. The summed E-state index contributed by atoms with van der Waals surface area (Å²) in [6, 6.07) is 8.72. The van der Waals surface area contributed by atoms with E-state index in [1.165, 1.54) is 4.90 Å². The molecule has 1 aromatic carbocycles. The molecule has 1 fully saturated rings. The lowest BCUT2D eigenvalue weighted by atomic mass is 9.85. The quantitative estimate of drug-likeness (QED) is 0.641. The largest absolute Gasteiger partial charge is 0.480 e. The molecule has 0 spiro atoms. The number of nitriles is 1. The zero-order chi connectivity index (χ0) is 26.8. The van der Waals surface area contributed by atoms with E-state index in [9.17, 15) is 24.8 Å². The van der Waals surface area contributed by atoms with Crippen molar-refractivity contribution in [1.82, 2.24) is 15.2 Å². The summed E-state index contributed by atoms with van der Waals surface area (Å²) in [6.07, 6.45) is -1.42. The maximum atomic E-state index is 13.6. The summed E-state index contributed by atoms with van der Waals surface area (Å²) in [4.78, 5) is 43.6. The topological polar surface area (TPSA) is 142 Å². The Balaban J connectivity index is 1.87. The van der Waals surface area contributed by atoms with E-state index in [0.29, 0.717) is 5.39 Å². The number of rotatable bonds is 5. The molecule has 1 saturated heterocycles. The first kappa shape index (κ1) is 26.7. The lowest BCUT2D eigenvalue weighted by molar-refractivity contribution is -0.150. The molecule has 0 saturated carbocycles. The van der Waals surface area contributed by atoms with Crippen LogP contribution in [0.1, 0.15) is 53.7 Å². The van der Waals surface area contributed by atoms with Crippen LogP contribution in [-0.4, -0.2) is 63.3 Å². The number of aromatic nitrogens is 1. The number of likely N-dealkylation sites (tertiary alicyclic amines) is 1. The summed E-state index contributed by atoms with van der Waals surface area (Å²) in [7, 11) is 0. The minimum Gasteiger partial charge on any atom is -0.480 e. The monoisotopic (exact) mass is 496 g/mol. The third kappa shape index (κ3) is 6.22. The molecule has 2 aromatic rings. The Labute approximate surface area is 210 Å². The van der Waals surface area contributed by atoms with Crippen LogP contribution >= 0.6 is 0 Å². The van der Waals surface area contributed by atoms with Crippen LogP contribution < -0.4 is 10.1 Å². The summed E-state index contributed by atoms with van der Waals surface area (Å²) in [5.41, 5.74) is -1.33. The van der Waals surface area contributed by atoms with Gasteiger partial charge in [0.1, 0.15) is 35.6 Å². The van der Waals surface area contributed by atoms with Gasteiger partial charge in [0.05, 0.1) is 6.54 Å². The molecule has 10 nitrogen and oxygen atoms in total. The van der Waals surface area contributed by atoms with Crippen molar-refractivity contribution >= 4 is 28.7 Å². The van der Waals surface area contributed by atoms with Gasteiger partial charge in [-0.3, -0.25) is 4.79 Å². The van der Waals surface area contributed by atoms with Crippen LogP contribution in [0.3, 0.4) is 0 Å². The lowest BCUT2D eigenvalue weighted by Crippen LogP contribution is -2.57. The highest BCUT2D eigenvalue weighted by atomic mass is 16.6. The summed E-state index contributed by atoms with van der Waals surface area (Å²) in [5, 5.41) is 23.3. The van der Waals surface area contributed by atoms with Gasteiger partial charge in [0.15, 0.2) is 0 Å². The number of carbonyl (C=O) groups excluding carboxylic acids is 2. The van der Waals surface area contributed by atoms with Crippen molar-refractivity contribution in [2.45, 2.75) is 71.8 Å². The van der Waals surface area contributed by atoms with E-state index in [-0.39, 0.29) is 24.5 Å². The second-order valence-electron chi connectivity index (χ2n) is 10.9. The van der Waals surface area contributed by atoms with Crippen molar-refractivity contribution in [3.8, 4) is 11.9 Å². The number of amides is 2. The van der Waals surface area contributed by atoms with Gasteiger partial charge in [-0.05, 0) is 43.7 Å². The van der Waals surface area contributed by atoms with Crippen molar-refractivity contribution in [2.24, 2.45) is 5.41 Å². The van der Waals surface area contributed by atoms with E-state index in [0.717, 1.165) is 5.39 Å². The van der Waals surface area contributed by atoms with Gasteiger partial charge in [-0.2, -0.15) is 5.26 Å². The Morgan fingerprint density at radius 2 is 1.86 bits per heavy atom. The SMILES string of the molecule is CC(C)(C)OC(=O)N[C@H](C(=O)N1C[C@H](Oc2nc(C#N)cc3ccccc23)C[C@H]1C(=O)O)C(C)(C)C. The molecule has 1 aliphatic heterocycles. The zero-order valence-electron chi connectivity index (χ0n) is 21.4. The Morgan fingerprint density at radius 1 is 1.19 bits per heavy atom. The Bertz CT molecular complexity index is 1210. The van der Waals surface area contributed by atoms with Crippen LogP contribution in [0.4, 0.5) is 4.79 Å². The number of benzene rings is 1. The number of nitrogens with zero attached hydrogens (tertiary/aromatic N) is 3. The second kappa shape index (κ2) is 10.0. The van der Waals surface area contributed by atoms with Crippen LogP contribution in [0, 0.1) is 16.7 Å². The molecule has 3 atom stereocenters. The van der Waals surface area contributed by atoms with Crippen molar-refractivity contribution in [3.05, 3.63) is 36.0 Å². The van der Waals surface area contributed by atoms with Crippen molar-refractivity contribution in [3.63, 3.8) is 0 Å². The minimum atomic E-state index is -1.18. The van der Waals surface area contributed by atoms with Crippen molar-refractivity contribution in [2.75, 3.05) is 6.54 Å². The highest BCUT2D eigenvalue weighted by Crippen LogP contribution is 2.31. The maximum absolute atomic E-state index is 13.6. The highest BCUT2D eigenvalue weighted by molar-refractivity contribution is 5.91. The summed E-state index contributed by atoms with van der Waals surface area (Å²) in [6.45, 7) is 10.4. The van der Waals surface area contributed by atoms with Gasteiger partial charge in [0.25, 0.3) is 0 Å². The average molecular weight is 497 g/mol. The van der Waals surface area contributed by atoms with E-state index in [4.69, 9.17) is 9.47 Å².